The fourth-order valence-electron chi connectivity index (χ4n) is 3.01. The van der Waals surface area contributed by atoms with E-state index in [0.717, 1.165) is 4.31 Å². The summed E-state index contributed by atoms with van der Waals surface area (Å²) in [6.07, 6.45) is -1.39. The number of nitrogens with zero attached hydrogens (tertiary/aromatic N) is 1. The molecule has 0 spiro atoms. The molecule has 2 N–H and O–H groups in total. The molecule has 3 rings (SSSR count). The molecular formula is C24H23N3O6S. The van der Waals surface area contributed by atoms with Gasteiger partial charge in [0.25, 0.3) is 15.9 Å². The number of esters is 1. The fraction of sp³-hybridized carbons (Fsp3) is 0.125. The van der Waals surface area contributed by atoms with Crippen LogP contribution in [-0.4, -0.2) is 40.4 Å². The van der Waals surface area contributed by atoms with Crippen molar-refractivity contribution in [2.24, 2.45) is 0 Å². The Morgan fingerprint density at radius 1 is 0.853 bits per heavy atom. The second-order valence-corrected chi connectivity index (χ2v) is 9.07. The van der Waals surface area contributed by atoms with Gasteiger partial charge in [0, 0.05) is 19.7 Å². The standard InChI is InChI=1S/C24H23N3O6S/c1-25-24(30)26-22(28)21(17-9-5-3-6-10-17)33-23(29)18-13-15-20(16-14-18)34(31,32)27(2)19-11-7-4-8-12-19/h3-16,21H,1-2H3,(H2,25,26,28,30)/t21-/m0/s1. The molecule has 3 aromatic rings. The van der Waals surface area contributed by atoms with Crippen LogP contribution < -0.4 is 14.9 Å². The summed E-state index contributed by atoms with van der Waals surface area (Å²) in [5.41, 5.74) is 0.884. The number of benzene rings is 3. The zero-order valence-corrected chi connectivity index (χ0v) is 19.3. The van der Waals surface area contributed by atoms with E-state index in [-0.39, 0.29) is 10.5 Å². The SMILES string of the molecule is CNC(=O)NC(=O)[C@@H](OC(=O)c1ccc(S(=O)(=O)N(C)c2ccccc2)cc1)c1ccccc1. The van der Waals surface area contributed by atoms with Gasteiger partial charge in [-0.2, -0.15) is 0 Å². The molecule has 0 unspecified atom stereocenters. The third kappa shape index (κ3) is 5.59. The van der Waals surface area contributed by atoms with Gasteiger partial charge in [-0.25, -0.2) is 18.0 Å². The van der Waals surface area contributed by atoms with Gasteiger partial charge in [0.2, 0.25) is 6.10 Å². The predicted octanol–water partition coefficient (Wildman–Crippen LogP) is 2.87. The Bertz CT molecular complexity index is 1260. The number of rotatable bonds is 7. The van der Waals surface area contributed by atoms with Gasteiger partial charge in [-0.15, -0.1) is 0 Å². The Hall–Kier alpha value is -4.18. The van der Waals surface area contributed by atoms with E-state index in [4.69, 9.17) is 4.74 Å². The molecule has 0 aliphatic heterocycles. The summed E-state index contributed by atoms with van der Waals surface area (Å²) in [4.78, 5) is 36.8. The van der Waals surface area contributed by atoms with Gasteiger partial charge >= 0.3 is 12.0 Å². The van der Waals surface area contributed by atoms with Crippen molar-refractivity contribution < 1.29 is 27.5 Å². The predicted molar refractivity (Wildman–Crippen MR) is 126 cm³/mol. The summed E-state index contributed by atoms with van der Waals surface area (Å²) in [6, 6.07) is 21.2. The summed E-state index contributed by atoms with van der Waals surface area (Å²) in [7, 11) is -1.08. The largest absolute Gasteiger partial charge is 0.444 e. The van der Waals surface area contributed by atoms with E-state index in [0.29, 0.717) is 11.3 Å². The van der Waals surface area contributed by atoms with Gasteiger partial charge in [0.15, 0.2) is 0 Å². The molecular weight excluding hydrogens is 458 g/mol. The highest BCUT2D eigenvalue weighted by Crippen LogP contribution is 2.23. The van der Waals surface area contributed by atoms with Crippen molar-refractivity contribution in [3.05, 3.63) is 96.1 Å². The molecule has 0 bridgehead atoms. The van der Waals surface area contributed by atoms with Crippen molar-refractivity contribution in [1.29, 1.82) is 0 Å². The summed E-state index contributed by atoms with van der Waals surface area (Å²) >= 11 is 0. The van der Waals surface area contributed by atoms with Crippen molar-refractivity contribution in [2.45, 2.75) is 11.0 Å². The topological polar surface area (TPSA) is 122 Å². The first kappa shape index (κ1) is 24.5. The van der Waals surface area contributed by atoms with Crippen LogP contribution in [0.5, 0.6) is 0 Å². The van der Waals surface area contributed by atoms with Crippen molar-refractivity contribution in [3.8, 4) is 0 Å². The Kier molecular flexibility index (Phi) is 7.64. The van der Waals surface area contributed by atoms with E-state index in [1.165, 1.54) is 38.4 Å². The molecule has 0 aliphatic rings. The molecule has 0 radical (unpaired) electrons. The smallest absolute Gasteiger partial charge is 0.339 e. The number of sulfonamides is 1. The summed E-state index contributed by atoms with van der Waals surface area (Å²) in [5, 5.41) is 4.35. The number of carbonyl (C=O) groups excluding carboxylic acids is 3. The van der Waals surface area contributed by atoms with E-state index in [1.807, 2.05) is 0 Å². The van der Waals surface area contributed by atoms with Crippen LogP contribution in [0.15, 0.2) is 89.8 Å². The number of nitrogens with one attached hydrogen (secondary N) is 2. The van der Waals surface area contributed by atoms with Crippen LogP contribution in [0, 0.1) is 0 Å². The molecule has 3 amide bonds. The highest BCUT2D eigenvalue weighted by molar-refractivity contribution is 7.92. The highest BCUT2D eigenvalue weighted by Gasteiger charge is 2.27. The Morgan fingerprint density at radius 2 is 1.41 bits per heavy atom. The highest BCUT2D eigenvalue weighted by atomic mass is 32.2. The lowest BCUT2D eigenvalue weighted by Crippen LogP contribution is -2.41. The normalized spacial score (nSPS) is 11.7. The number of hydrogen-bond acceptors (Lipinski definition) is 6. The quantitative estimate of drug-likeness (QED) is 0.501. The Morgan fingerprint density at radius 3 is 1.97 bits per heavy atom. The number of amides is 3. The molecule has 0 aliphatic carbocycles. The van der Waals surface area contributed by atoms with Gasteiger partial charge in [-0.1, -0.05) is 48.5 Å². The molecule has 0 aromatic heterocycles. The lowest BCUT2D eigenvalue weighted by Gasteiger charge is -2.20. The van der Waals surface area contributed by atoms with Crippen molar-refractivity contribution in [2.75, 3.05) is 18.4 Å². The summed E-state index contributed by atoms with van der Waals surface area (Å²) in [6.45, 7) is 0. The van der Waals surface area contributed by atoms with Crippen LogP contribution in [-0.2, 0) is 19.6 Å². The second kappa shape index (κ2) is 10.6. The minimum absolute atomic E-state index is 0.0210. The van der Waals surface area contributed by atoms with Crippen molar-refractivity contribution >= 4 is 33.6 Å². The average molecular weight is 482 g/mol. The van der Waals surface area contributed by atoms with Crippen molar-refractivity contribution in [3.63, 3.8) is 0 Å². The molecule has 34 heavy (non-hydrogen) atoms. The first-order valence-electron chi connectivity index (χ1n) is 10.2. The van der Waals surface area contributed by atoms with Gasteiger partial charge < -0.3 is 10.1 Å². The minimum Gasteiger partial charge on any atom is -0.444 e. The lowest BCUT2D eigenvalue weighted by atomic mass is 10.1. The molecule has 3 aromatic carbocycles. The third-order valence-electron chi connectivity index (χ3n) is 4.90. The van der Waals surface area contributed by atoms with Crippen LogP contribution in [0.2, 0.25) is 0 Å². The van der Waals surface area contributed by atoms with Gasteiger partial charge in [0.1, 0.15) is 0 Å². The molecule has 0 saturated heterocycles. The van der Waals surface area contributed by atoms with Crippen LogP contribution in [0.4, 0.5) is 10.5 Å². The van der Waals surface area contributed by atoms with E-state index in [1.54, 1.807) is 60.7 Å². The summed E-state index contributed by atoms with van der Waals surface area (Å²) in [5.74, 6) is -1.69. The zero-order valence-electron chi connectivity index (χ0n) is 18.5. The van der Waals surface area contributed by atoms with Gasteiger partial charge in [-0.3, -0.25) is 14.4 Å². The van der Waals surface area contributed by atoms with Crippen molar-refractivity contribution in [1.82, 2.24) is 10.6 Å². The Balaban J connectivity index is 1.81. The van der Waals surface area contributed by atoms with Crippen LogP contribution in [0.3, 0.4) is 0 Å². The van der Waals surface area contributed by atoms with Gasteiger partial charge in [-0.05, 0) is 36.4 Å². The maximum Gasteiger partial charge on any atom is 0.339 e. The molecule has 9 nitrogen and oxygen atoms in total. The zero-order chi connectivity index (χ0) is 24.7. The maximum absolute atomic E-state index is 12.9. The molecule has 176 valence electrons. The molecule has 0 heterocycles. The molecule has 0 fully saturated rings. The maximum atomic E-state index is 12.9. The number of ether oxygens (including phenoxy) is 1. The van der Waals surface area contributed by atoms with Gasteiger partial charge in [0.05, 0.1) is 16.1 Å². The Labute approximate surface area is 197 Å². The number of carbonyl (C=O) groups is 3. The third-order valence-corrected chi connectivity index (χ3v) is 6.70. The number of imide groups is 1. The van der Waals surface area contributed by atoms with E-state index < -0.39 is 34.0 Å². The average Bonchev–Trinajstić information content (AvgIpc) is 2.87. The minimum atomic E-state index is -3.86. The number of urea groups is 1. The molecule has 1 atom stereocenters. The van der Waals surface area contributed by atoms with Crippen LogP contribution in [0.25, 0.3) is 0 Å². The monoisotopic (exact) mass is 481 g/mol. The molecule has 0 saturated carbocycles. The number of para-hydroxylation sites is 1. The second-order valence-electron chi connectivity index (χ2n) is 7.10. The van der Waals surface area contributed by atoms with Crippen LogP contribution >= 0.6 is 0 Å². The summed E-state index contributed by atoms with van der Waals surface area (Å²) < 4.78 is 32.3. The fourth-order valence-corrected chi connectivity index (χ4v) is 4.21. The number of hydrogen-bond donors (Lipinski definition) is 2. The molecule has 10 heteroatoms. The first-order chi connectivity index (χ1) is 16.2. The van der Waals surface area contributed by atoms with E-state index in [2.05, 4.69) is 10.6 Å². The van der Waals surface area contributed by atoms with E-state index in [9.17, 15) is 22.8 Å². The van der Waals surface area contributed by atoms with Crippen LogP contribution in [0.1, 0.15) is 22.0 Å². The first-order valence-corrected chi connectivity index (χ1v) is 11.6. The number of anilines is 1. The van der Waals surface area contributed by atoms with E-state index >= 15 is 0 Å². The lowest BCUT2D eigenvalue weighted by molar-refractivity contribution is -0.129.